The lowest BCUT2D eigenvalue weighted by Crippen LogP contribution is -2.32. The van der Waals surface area contributed by atoms with Crippen LogP contribution in [-0.4, -0.2) is 23.3 Å². The van der Waals surface area contributed by atoms with Gasteiger partial charge in [-0.1, -0.05) is 30.3 Å². The molecule has 0 aliphatic rings. The van der Waals surface area contributed by atoms with Crippen molar-refractivity contribution in [3.8, 4) is 0 Å². The summed E-state index contributed by atoms with van der Waals surface area (Å²) in [7, 11) is 0. The molecule has 0 unspecified atom stereocenters. The Morgan fingerprint density at radius 3 is 2.52 bits per heavy atom. The molecule has 0 saturated heterocycles. The highest BCUT2D eigenvalue weighted by atomic mass is 127. The first-order chi connectivity index (χ1) is 11.0. The second-order valence-electron chi connectivity index (χ2n) is 4.94. The summed E-state index contributed by atoms with van der Waals surface area (Å²) in [6.07, 6.45) is 3.19. The number of halogens is 1. The van der Waals surface area contributed by atoms with Crippen LogP contribution in [0.3, 0.4) is 0 Å². The average molecular weight is 424 g/mol. The number of benzene rings is 1. The lowest BCUT2D eigenvalue weighted by molar-refractivity contribution is -0.127. The van der Waals surface area contributed by atoms with E-state index >= 15 is 0 Å². The first-order valence-corrected chi connectivity index (χ1v) is 8.17. The molecule has 2 aromatic rings. The summed E-state index contributed by atoms with van der Waals surface area (Å²) >= 11 is 2.06. The van der Waals surface area contributed by atoms with Gasteiger partial charge in [0.25, 0.3) is 0 Å². The fraction of sp³-hybridized carbons (Fsp3) is 0.176. The van der Waals surface area contributed by atoms with Crippen molar-refractivity contribution < 1.29 is 14.0 Å². The normalized spacial score (nSPS) is 10.8. The van der Waals surface area contributed by atoms with E-state index in [1.54, 1.807) is 17.0 Å². The Balaban J connectivity index is 2.06. The zero-order chi connectivity index (χ0) is 16.7. The van der Waals surface area contributed by atoms with Crippen LogP contribution in [0.1, 0.15) is 17.7 Å². The molecule has 0 saturated carbocycles. The molecule has 6 heteroatoms. The second kappa shape index (κ2) is 8.52. The van der Waals surface area contributed by atoms with Gasteiger partial charge in [0.05, 0.1) is 0 Å². The number of nitrogens with zero attached hydrogens (tertiary/aromatic N) is 1. The molecule has 0 aliphatic heterocycles. The third-order valence-corrected chi connectivity index (χ3v) is 3.72. The van der Waals surface area contributed by atoms with Crippen LogP contribution in [0.2, 0.25) is 0 Å². The summed E-state index contributed by atoms with van der Waals surface area (Å²) < 4.78 is 6.14. The van der Waals surface area contributed by atoms with Crippen LogP contribution in [0.15, 0.2) is 53.0 Å². The van der Waals surface area contributed by atoms with Gasteiger partial charge in [-0.05, 0) is 46.4 Å². The predicted molar refractivity (Wildman–Crippen MR) is 96.1 cm³/mol. The summed E-state index contributed by atoms with van der Waals surface area (Å²) in [5.74, 6) is -0.0146. The molecule has 2 rings (SSSR count). The molecule has 1 aromatic heterocycles. The molecule has 0 atom stereocenters. The molecular formula is C17H17IN2O3. The van der Waals surface area contributed by atoms with Crippen LogP contribution in [0.4, 0.5) is 0 Å². The molecule has 120 valence electrons. The van der Waals surface area contributed by atoms with E-state index in [-0.39, 0.29) is 18.9 Å². The van der Waals surface area contributed by atoms with Crippen molar-refractivity contribution in [2.45, 2.75) is 13.0 Å². The maximum absolute atomic E-state index is 12.4. The molecule has 0 radical (unpaired) electrons. The SMILES string of the molecule is NC(=O)CCN(Cc1ccccc1)C(=O)/C=C/c1ccc(I)o1. The molecule has 2 amide bonds. The Hall–Kier alpha value is -2.09. The van der Waals surface area contributed by atoms with Crippen molar-refractivity contribution in [1.29, 1.82) is 0 Å². The van der Waals surface area contributed by atoms with E-state index < -0.39 is 5.91 Å². The number of nitrogens with two attached hydrogens (primary N) is 1. The maximum Gasteiger partial charge on any atom is 0.247 e. The third-order valence-electron chi connectivity index (χ3n) is 3.14. The lowest BCUT2D eigenvalue weighted by atomic mass is 10.2. The van der Waals surface area contributed by atoms with Gasteiger partial charge in [0, 0.05) is 25.6 Å². The largest absolute Gasteiger partial charge is 0.451 e. The Bertz CT molecular complexity index is 695. The third kappa shape index (κ3) is 5.90. The highest BCUT2D eigenvalue weighted by molar-refractivity contribution is 14.1. The minimum atomic E-state index is -0.430. The number of hydrogen-bond donors (Lipinski definition) is 1. The molecular weight excluding hydrogens is 407 g/mol. The van der Waals surface area contributed by atoms with Crippen LogP contribution in [-0.2, 0) is 16.1 Å². The van der Waals surface area contributed by atoms with Crippen molar-refractivity contribution in [1.82, 2.24) is 4.90 Å². The van der Waals surface area contributed by atoms with Gasteiger partial charge < -0.3 is 15.1 Å². The van der Waals surface area contributed by atoms with Crippen LogP contribution in [0.5, 0.6) is 0 Å². The quantitative estimate of drug-likeness (QED) is 0.549. The molecule has 0 spiro atoms. The first kappa shape index (κ1) is 17.3. The summed E-state index contributed by atoms with van der Waals surface area (Å²) in [5, 5.41) is 0. The molecule has 1 aromatic carbocycles. The summed E-state index contributed by atoms with van der Waals surface area (Å²) in [4.78, 5) is 25.0. The van der Waals surface area contributed by atoms with Gasteiger partial charge in [0.2, 0.25) is 11.8 Å². The van der Waals surface area contributed by atoms with Gasteiger partial charge in [-0.25, -0.2) is 0 Å². The number of rotatable bonds is 7. The van der Waals surface area contributed by atoms with E-state index in [9.17, 15) is 9.59 Å². The molecule has 23 heavy (non-hydrogen) atoms. The number of primary amides is 1. The van der Waals surface area contributed by atoms with Gasteiger partial charge in [0.15, 0.2) is 3.77 Å². The predicted octanol–water partition coefficient (Wildman–Crippen LogP) is 2.80. The van der Waals surface area contributed by atoms with E-state index in [2.05, 4.69) is 22.6 Å². The van der Waals surface area contributed by atoms with Crippen molar-refractivity contribution in [3.05, 3.63) is 63.6 Å². The van der Waals surface area contributed by atoms with Gasteiger partial charge in [-0.15, -0.1) is 0 Å². The zero-order valence-electron chi connectivity index (χ0n) is 12.4. The van der Waals surface area contributed by atoms with Gasteiger partial charge in [0.1, 0.15) is 5.76 Å². The van der Waals surface area contributed by atoms with Crippen LogP contribution < -0.4 is 5.73 Å². The van der Waals surface area contributed by atoms with Crippen LogP contribution in [0.25, 0.3) is 6.08 Å². The van der Waals surface area contributed by atoms with Crippen LogP contribution in [0, 0.1) is 3.77 Å². The fourth-order valence-electron chi connectivity index (χ4n) is 1.99. The number of carbonyl (C=O) groups excluding carboxylic acids is 2. The zero-order valence-corrected chi connectivity index (χ0v) is 14.6. The van der Waals surface area contributed by atoms with E-state index in [4.69, 9.17) is 10.2 Å². The molecule has 0 fully saturated rings. The summed E-state index contributed by atoms with van der Waals surface area (Å²) in [5.41, 5.74) is 6.18. The fourth-order valence-corrected chi connectivity index (χ4v) is 2.43. The second-order valence-corrected chi connectivity index (χ2v) is 6.00. The molecule has 0 bridgehead atoms. The Labute approximate surface area is 148 Å². The van der Waals surface area contributed by atoms with Gasteiger partial charge in [-0.2, -0.15) is 0 Å². The van der Waals surface area contributed by atoms with Crippen molar-refractivity contribution in [2.75, 3.05) is 6.54 Å². The minimum absolute atomic E-state index is 0.130. The lowest BCUT2D eigenvalue weighted by Gasteiger charge is -2.20. The van der Waals surface area contributed by atoms with Crippen molar-refractivity contribution >= 4 is 40.5 Å². The first-order valence-electron chi connectivity index (χ1n) is 7.09. The van der Waals surface area contributed by atoms with E-state index in [0.717, 1.165) is 9.33 Å². The Morgan fingerprint density at radius 1 is 1.17 bits per heavy atom. The smallest absolute Gasteiger partial charge is 0.247 e. The number of hydrogen-bond acceptors (Lipinski definition) is 3. The maximum atomic E-state index is 12.4. The monoisotopic (exact) mass is 424 g/mol. The molecule has 5 nitrogen and oxygen atoms in total. The van der Waals surface area contributed by atoms with E-state index in [0.29, 0.717) is 12.3 Å². The van der Waals surface area contributed by atoms with Crippen molar-refractivity contribution in [3.63, 3.8) is 0 Å². The molecule has 1 heterocycles. The summed E-state index contributed by atoms with van der Waals surface area (Å²) in [6.45, 7) is 0.704. The van der Waals surface area contributed by atoms with Crippen LogP contribution >= 0.6 is 22.6 Å². The Kier molecular flexibility index (Phi) is 6.40. The molecule has 0 aliphatic carbocycles. The van der Waals surface area contributed by atoms with Crippen molar-refractivity contribution in [2.24, 2.45) is 5.73 Å². The number of carbonyl (C=O) groups is 2. The van der Waals surface area contributed by atoms with Gasteiger partial charge >= 0.3 is 0 Å². The highest BCUT2D eigenvalue weighted by Gasteiger charge is 2.12. The van der Waals surface area contributed by atoms with E-state index in [1.807, 2.05) is 36.4 Å². The average Bonchev–Trinajstić information content (AvgIpc) is 2.95. The highest BCUT2D eigenvalue weighted by Crippen LogP contribution is 2.12. The number of amides is 2. The summed E-state index contributed by atoms with van der Waals surface area (Å²) in [6, 6.07) is 13.2. The number of furan rings is 1. The standard InChI is InChI=1S/C17H17IN2O3/c18-15-8-6-14(23-15)7-9-17(22)20(11-10-16(19)21)12-13-4-2-1-3-5-13/h1-9H,10-12H2,(H2,19,21)/b9-7+. The molecule has 2 N–H and O–H groups in total. The van der Waals surface area contributed by atoms with E-state index in [1.165, 1.54) is 6.08 Å². The minimum Gasteiger partial charge on any atom is -0.451 e. The topological polar surface area (TPSA) is 76.5 Å². The van der Waals surface area contributed by atoms with Gasteiger partial charge in [-0.3, -0.25) is 9.59 Å². The Morgan fingerprint density at radius 2 is 1.91 bits per heavy atom.